The van der Waals surface area contributed by atoms with Gasteiger partial charge in [0.1, 0.15) is 23.1 Å². The molecule has 2 unspecified atom stereocenters. The van der Waals surface area contributed by atoms with Crippen molar-refractivity contribution >= 4 is 11.7 Å². The average molecular weight is 421 g/mol. The van der Waals surface area contributed by atoms with E-state index in [0.29, 0.717) is 36.1 Å². The van der Waals surface area contributed by atoms with Gasteiger partial charge in [0.2, 0.25) is 5.88 Å². The van der Waals surface area contributed by atoms with Crippen LogP contribution in [0.2, 0.25) is 0 Å². The Hall–Kier alpha value is -3.61. The number of aromatic nitrogens is 5. The second-order valence-corrected chi connectivity index (χ2v) is 8.26. The van der Waals surface area contributed by atoms with E-state index in [-0.39, 0.29) is 12.1 Å². The smallest absolute Gasteiger partial charge is 0.407 e. The summed E-state index contributed by atoms with van der Waals surface area (Å²) in [6, 6.07) is 5.98. The highest BCUT2D eigenvalue weighted by Crippen LogP contribution is 2.42. The third-order valence-electron chi connectivity index (χ3n) is 6.47. The molecule has 1 N–H and O–H groups in total. The molecule has 31 heavy (non-hydrogen) atoms. The Balaban J connectivity index is 1.48. The van der Waals surface area contributed by atoms with E-state index in [0.717, 1.165) is 36.2 Å². The minimum absolute atomic E-state index is 0.0501. The van der Waals surface area contributed by atoms with Crippen LogP contribution in [0.1, 0.15) is 43.1 Å². The molecule has 0 aromatic carbocycles. The summed E-state index contributed by atoms with van der Waals surface area (Å²) in [4.78, 5) is 17.6. The van der Waals surface area contributed by atoms with Gasteiger partial charge >= 0.3 is 6.09 Å². The summed E-state index contributed by atoms with van der Waals surface area (Å²) >= 11 is 0. The first-order valence-corrected chi connectivity index (χ1v) is 10.4. The van der Waals surface area contributed by atoms with Crippen molar-refractivity contribution in [2.24, 2.45) is 5.92 Å². The zero-order valence-corrected chi connectivity index (χ0v) is 17.4. The molecule has 0 bridgehead atoms. The van der Waals surface area contributed by atoms with Crippen molar-refractivity contribution in [2.75, 3.05) is 13.7 Å². The molecule has 2 aliphatic rings. The Labute approximate surface area is 178 Å². The van der Waals surface area contributed by atoms with Crippen LogP contribution in [0.15, 0.2) is 18.3 Å². The minimum atomic E-state index is -0.830. The molecule has 1 aliphatic carbocycles. The second kappa shape index (κ2) is 7.27. The number of amides is 1. The van der Waals surface area contributed by atoms with Crippen LogP contribution in [-0.2, 0) is 0 Å². The third-order valence-corrected chi connectivity index (χ3v) is 6.47. The van der Waals surface area contributed by atoms with E-state index in [1.807, 2.05) is 23.7 Å². The molecule has 3 aromatic rings. The Kier molecular flexibility index (Phi) is 4.54. The summed E-state index contributed by atoms with van der Waals surface area (Å²) in [5.41, 5.74) is 3.45. The summed E-state index contributed by atoms with van der Waals surface area (Å²) in [7, 11) is 1.55. The molecule has 1 saturated heterocycles. The molecule has 160 valence electrons. The van der Waals surface area contributed by atoms with Crippen LogP contribution in [0.25, 0.3) is 16.9 Å². The van der Waals surface area contributed by atoms with Crippen molar-refractivity contribution in [1.82, 2.24) is 29.3 Å². The van der Waals surface area contributed by atoms with Gasteiger partial charge < -0.3 is 14.7 Å². The summed E-state index contributed by atoms with van der Waals surface area (Å²) in [6.45, 7) is 2.49. The Morgan fingerprint density at radius 1 is 1.32 bits per heavy atom. The van der Waals surface area contributed by atoms with Crippen LogP contribution in [0.4, 0.5) is 4.79 Å². The molecule has 0 radical (unpaired) electrons. The van der Waals surface area contributed by atoms with E-state index in [4.69, 9.17) is 4.74 Å². The van der Waals surface area contributed by atoms with Crippen LogP contribution in [0, 0.1) is 24.2 Å². The number of piperidine rings is 1. The molecular formula is C21H23N7O3. The number of hydrogen-bond acceptors (Lipinski definition) is 6. The van der Waals surface area contributed by atoms with Crippen molar-refractivity contribution in [3.05, 3.63) is 29.7 Å². The number of fused-ring (bicyclic) bond motifs is 1. The summed E-state index contributed by atoms with van der Waals surface area (Å²) < 4.78 is 9.09. The van der Waals surface area contributed by atoms with E-state index in [1.165, 1.54) is 6.20 Å². The molecule has 10 nitrogen and oxygen atoms in total. The minimum Gasteiger partial charge on any atom is -0.482 e. The normalized spacial score (nSPS) is 21.3. The number of hydrogen-bond donors (Lipinski definition) is 1. The van der Waals surface area contributed by atoms with Crippen molar-refractivity contribution in [2.45, 2.75) is 44.7 Å². The van der Waals surface area contributed by atoms with Gasteiger partial charge in [0, 0.05) is 24.2 Å². The Morgan fingerprint density at radius 3 is 2.81 bits per heavy atom. The van der Waals surface area contributed by atoms with Gasteiger partial charge in [0.05, 0.1) is 25.0 Å². The largest absolute Gasteiger partial charge is 0.482 e. The standard InChI is InChI=1S/C21H23N7O3/c1-12-20(14-7-18-23-11-16(10-22)27(18)19(8-14)31-2)24-25-28(12)15-5-6-26(21(29)30)17(9-15)13-3-4-13/h7-8,11,13,15,17H,3-6,9H2,1-2H3,(H,29,30). The van der Waals surface area contributed by atoms with Gasteiger partial charge in [-0.15, -0.1) is 5.10 Å². The highest BCUT2D eigenvalue weighted by molar-refractivity contribution is 5.68. The number of carboxylic acid groups (broad SMARTS) is 1. The highest BCUT2D eigenvalue weighted by Gasteiger charge is 2.42. The first kappa shape index (κ1) is 19.4. The quantitative estimate of drug-likeness (QED) is 0.687. The number of ether oxygens (including phenoxy) is 1. The van der Waals surface area contributed by atoms with Gasteiger partial charge in [0.15, 0.2) is 0 Å². The van der Waals surface area contributed by atoms with E-state index in [1.54, 1.807) is 16.4 Å². The number of pyridine rings is 1. The monoisotopic (exact) mass is 421 g/mol. The van der Waals surface area contributed by atoms with Gasteiger partial charge in [-0.1, -0.05) is 5.21 Å². The molecule has 2 atom stereocenters. The zero-order valence-electron chi connectivity index (χ0n) is 17.4. The van der Waals surface area contributed by atoms with Gasteiger partial charge in [-0.2, -0.15) is 5.26 Å². The van der Waals surface area contributed by atoms with Gasteiger partial charge in [-0.05, 0) is 44.6 Å². The molecule has 3 aromatic heterocycles. The molecule has 1 amide bonds. The van der Waals surface area contributed by atoms with Crippen LogP contribution in [0.3, 0.4) is 0 Å². The number of nitriles is 1. The number of rotatable bonds is 4. The number of methoxy groups -OCH3 is 1. The Morgan fingerprint density at radius 2 is 2.13 bits per heavy atom. The third kappa shape index (κ3) is 3.17. The fourth-order valence-corrected chi connectivity index (χ4v) is 4.76. The SMILES string of the molecule is COc1cc(-c2nnn(C3CCN(C(=O)O)C(C4CC4)C3)c2C)cc2ncc(C#N)n12. The predicted molar refractivity (Wildman–Crippen MR) is 110 cm³/mol. The zero-order chi connectivity index (χ0) is 21.7. The lowest BCUT2D eigenvalue weighted by Crippen LogP contribution is -2.47. The molecule has 4 heterocycles. The van der Waals surface area contributed by atoms with Crippen LogP contribution in [-0.4, -0.2) is 60.2 Å². The van der Waals surface area contributed by atoms with Crippen LogP contribution >= 0.6 is 0 Å². The maximum atomic E-state index is 11.6. The van der Waals surface area contributed by atoms with Gasteiger partial charge in [-0.25, -0.2) is 14.5 Å². The molecule has 2 fully saturated rings. The molecular weight excluding hydrogens is 398 g/mol. The fraction of sp³-hybridized carbons (Fsp3) is 0.476. The molecule has 0 spiro atoms. The molecule has 1 aliphatic heterocycles. The van der Waals surface area contributed by atoms with Crippen molar-refractivity contribution in [3.8, 4) is 23.2 Å². The van der Waals surface area contributed by atoms with Gasteiger partial charge in [-0.3, -0.25) is 4.40 Å². The lowest BCUT2D eigenvalue weighted by molar-refractivity contribution is 0.0798. The molecule has 1 saturated carbocycles. The Bertz CT molecular complexity index is 1200. The summed E-state index contributed by atoms with van der Waals surface area (Å²) in [6.07, 6.45) is 4.35. The summed E-state index contributed by atoms with van der Waals surface area (Å²) in [5, 5.41) is 27.7. The van der Waals surface area contributed by atoms with Crippen molar-refractivity contribution in [3.63, 3.8) is 0 Å². The lowest BCUT2D eigenvalue weighted by Gasteiger charge is -2.38. The van der Waals surface area contributed by atoms with Crippen LogP contribution < -0.4 is 4.74 Å². The maximum absolute atomic E-state index is 11.6. The van der Waals surface area contributed by atoms with E-state index < -0.39 is 6.09 Å². The van der Waals surface area contributed by atoms with E-state index in [2.05, 4.69) is 21.4 Å². The number of imidazole rings is 1. The molecule has 5 rings (SSSR count). The molecule has 10 heteroatoms. The number of likely N-dealkylation sites (tertiary alicyclic amines) is 1. The van der Waals surface area contributed by atoms with E-state index >= 15 is 0 Å². The second-order valence-electron chi connectivity index (χ2n) is 8.26. The lowest BCUT2D eigenvalue weighted by atomic mass is 9.94. The first-order valence-electron chi connectivity index (χ1n) is 10.4. The fourth-order valence-electron chi connectivity index (χ4n) is 4.76. The summed E-state index contributed by atoms with van der Waals surface area (Å²) in [5.74, 6) is 0.961. The number of nitrogens with zero attached hydrogens (tertiary/aromatic N) is 7. The first-order chi connectivity index (χ1) is 15.0. The highest BCUT2D eigenvalue weighted by atomic mass is 16.5. The van der Waals surface area contributed by atoms with E-state index in [9.17, 15) is 15.2 Å². The van der Waals surface area contributed by atoms with Crippen LogP contribution in [0.5, 0.6) is 5.88 Å². The number of carbonyl (C=O) groups is 1. The topological polar surface area (TPSA) is 122 Å². The average Bonchev–Trinajstić information content (AvgIpc) is 3.43. The van der Waals surface area contributed by atoms with Gasteiger partial charge in [0.25, 0.3) is 0 Å². The maximum Gasteiger partial charge on any atom is 0.407 e. The predicted octanol–water partition coefficient (Wildman–Crippen LogP) is 2.88. The van der Waals surface area contributed by atoms with Crippen molar-refractivity contribution in [1.29, 1.82) is 5.26 Å². The van der Waals surface area contributed by atoms with Crippen molar-refractivity contribution < 1.29 is 14.6 Å².